The van der Waals surface area contributed by atoms with Crippen molar-refractivity contribution in [2.24, 2.45) is 0 Å². The summed E-state index contributed by atoms with van der Waals surface area (Å²) in [4.78, 5) is 19.8. The molecule has 1 amide bonds. The lowest BCUT2D eigenvalue weighted by Gasteiger charge is -2.29. The standard InChI is InChI=1S/C21H20ClN3O2S/c1-13(2)27-16-9-6-14(7-10-16)25-20(28)24(19(26)21(25,3)4)15-8-11-18(23-5)17(22)12-15/h6-13H,1-4H3. The molecule has 7 heteroatoms. The molecule has 0 saturated carbocycles. The van der Waals surface area contributed by atoms with Gasteiger partial charge in [0.1, 0.15) is 11.3 Å². The Kier molecular flexibility index (Phi) is 5.33. The van der Waals surface area contributed by atoms with Crippen LogP contribution < -0.4 is 14.5 Å². The van der Waals surface area contributed by atoms with E-state index in [0.29, 0.717) is 16.5 Å². The topological polar surface area (TPSA) is 37.1 Å². The molecule has 2 aromatic carbocycles. The monoisotopic (exact) mass is 413 g/mol. The number of anilines is 2. The molecule has 1 saturated heterocycles. The number of thiocarbonyl (C=S) groups is 1. The third-order valence-corrected chi connectivity index (χ3v) is 5.11. The summed E-state index contributed by atoms with van der Waals surface area (Å²) in [7, 11) is 0. The minimum Gasteiger partial charge on any atom is -0.491 e. The van der Waals surface area contributed by atoms with Crippen LogP contribution >= 0.6 is 23.8 Å². The van der Waals surface area contributed by atoms with E-state index in [1.54, 1.807) is 18.2 Å². The normalized spacial score (nSPS) is 15.9. The molecule has 0 bridgehead atoms. The number of benzene rings is 2. The quantitative estimate of drug-likeness (QED) is 0.483. The molecule has 5 nitrogen and oxygen atoms in total. The molecule has 1 heterocycles. The molecule has 3 rings (SSSR count). The fourth-order valence-electron chi connectivity index (χ4n) is 3.13. The summed E-state index contributed by atoms with van der Waals surface area (Å²) in [6.07, 6.45) is 0.0791. The maximum absolute atomic E-state index is 13.2. The fraction of sp³-hybridized carbons (Fsp3) is 0.286. The number of nitrogens with zero attached hydrogens (tertiary/aromatic N) is 3. The second kappa shape index (κ2) is 7.42. The zero-order valence-electron chi connectivity index (χ0n) is 16.1. The largest absolute Gasteiger partial charge is 0.491 e. The molecule has 1 fully saturated rings. The van der Waals surface area contributed by atoms with Crippen molar-refractivity contribution < 1.29 is 9.53 Å². The average molecular weight is 414 g/mol. The zero-order valence-corrected chi connectivity index (χ0v) is 17.6. The first-order chi connectivity index (χ1) is 13.2. The summed E-state index contributed by atoms with van der Waals surface area (Å²) in [5, 5.41) is 0.647. The number of hydrogen-bond donors (Lipinski definition) is 0. The Morgan fingerprint density at radius 3 is 2.29 bits per heavy atom. The molecule has 2 aromatic rings. The molecule has 1 aliphatic heterocycles. The predicted molar refractivity (Wildman–Crippen MR) is 117 cm³/mol. The van der Waals surface area contributed by atoms with E-state index in [2.05, 4.69) is 4.85 Å². The number of halogens is 1. The lowest BCUT2D eigenvalue weighted by atomic mass is 10.0. The summed E-state index contributed by atoms with van der Waals surface area (Å²) in [5.41, 5.74) is 0.802. The van der Waals surface area contributed by atoms with Gasteiger partial charge in [0.25, 0.3) is 5.91 Å². The maximum Gasteiger partial charge on any atom is 0.259 e. The zero-order chi connectivity index (χ0) is 20.6. The first-order valence-electron chi connectivity index (χ1n) is 8.79. The Hall–Kier alpha value is -2.62. The Labute approximate surface area is 175 Å². The van der Waals surface area contributed by atoms with Gasteiger partial charge in [-0.15, -0.1) is 0 Å². The molecule has 144 valence electrons. The second-order valence-electron chi connectivity index (χ2n) is 7.23. The molecule has 0 atom stereocenters. The van der Waals surface area contributed by atoms with Gasteiger partial charge in [-0.3, -0.25) is 9.69 Å². The van der Waals surface area contributed by atoms with Gasteiger partial charge in [0, 0.05) is 10.7 Å². The maximum atomic E-state index is 13.2. The highest BCUT2D eigenvalue weighted by Gasteiger charge is 2.50. The van der Waals surface area contributed by atoms with Gasteiger partial charge in [0.2, 0.25) is 5.69 Å². The van der Waals surface area contributed by atoms with Crippen LogP contribution in [0.25, 0.3) is 4.85 Å². The van der Waals surface area contributed by atoms with Crippen LogP contribution in [-0.4, -0.2) is 22.7 Å². The Morgan fingerprint density at radius 2 is 1.75 bits per heavy atom. The SMILES string of the molecule is [C-]#[N+]c1ccc(N2C(=O)C(C)(C)N(c3ccc(OC(C)C)cc3)C2=S)cc1Cl. The van der Waals surface area contributed by atoms with Crippen molar-refractivity contribution in [2.75, 3.05) is 9.80 Å². The number of carbonyl (C=O) groups excluding carboxylic acids is 1. The van der Waals surface area contributed by atoms with Crippen molar-refractivity contribution in [1.29, 1.82) is 0 Å². The van der Waals surface area contributed by atoms with E-state index in [0.717, 1.165) is 11.4 Å². The van der Waals surface area contributed by atoms with Crippen molar-refractivity contribution in [3.05, 3.63) is 58.9 Å². The van der Waals surface area contributed by atoms with Crippen molar-refractivity contribution in [3.8, 4) is 5.75 Å². The first-order valence-corrected chi connectivity index (χ1v) is 9.58. The van der Waals surface area contributed by atoms with Gasteiger partial charge in [0.05, 0.1) is 18.4 Å². The van der Waals surface area contributed by atoms with Crippen LogP contribution in [0.15, 0.2) is 42.5 Å². The molecule has 0 aromatic heterocycles. The Morgan fingerprint density at radius 1 is 1.14 bits per heavy atom. The van der Waals surface area contributed by atoms with Gasteiger partial charge in [-0.1, -0.05) is 17.7 Å². The summed E-state index contributed by atoms with van der Waals surface area (Å²) in [6.45, 7) is 14.7. The Bertz CT molecular complexity index is 980. The van der Waals surface area contributed by atoms with Gasteiger partial charge in [-0.25, -0.2) is 4.85 Å². The van der Waals surface area contributed by atoms with Gasteiger partial charge in [-0.2, -0.15) is 0 Å². The highest BCUT2D eigenvalue weighted by atomic mass is 35.5. The number of amides is 1. The van der Waals surface area contributed by atoms with Crippen LogP contribution in [0.2, 0.25) is 5.02 Å². The molecule has 28 heavy (non-hydrogen) atoms. The van der Waals surface area contributed by atoms with Gasteiger partial charge < -0.3 is 9.64 Å². The number of hydrogen-bond acceptors (Lipinski definition) is 3. The van der Waals surface area contributed by atoms with Crippen molar-refractivity contribution in [1.82, 2.24) is 0 Å². The van der Waals surface area contributed by atoms with E-state index in [-0.39, 0.29) is 17.0 Å². The highest BCUT2D eigenvalue weighted by molar-refractivity contribution is 7.81. The number of rotatable bonds is 4. The minimum atomic E-state index is -0.873. The van der Waals surface area contributed by atoms with Crippen LogP contribution in [0, 0.1) is 6.57 Å². The number of ether oxygens (including phenoxy) is 1. The minimum absolute atomic E-state index is 0.0791. The van der Waals surface area contributed by atoms with E-state index >= 15 is 0 Å². The second-order valence-corrected chi connectivity index (χ2v) is 8.00. The van der Waals surface area contributed by atoms with E-state index in [9.17, 15) is 4.79 Å². The molecular weight excluding hydrogens is 394 g/mol. The van der Waals surface area contributed by atoms with Crippen LogP contribution in [0.3, 0.4) is 0 Å². The molecule has 0 aliphatic carbocycles. The summed E-state index contributed by atoms with van der Waals surface area (Å²) in [5.74, 6) is 0.595. The number of carbonyl (C=O) groups is 1. The summed E-state index contributed by atoms with van der Waals surface area (Å²) < 4.78 is 5.69. The van der Waals surface area contributed by atoms with Crippen LogP contribution in [0.5, 0.6) is 5.75 Å². The summed E-state index contributed by atoms with van der Waals surface area (Å²) in [6, 6.07) is 12.4. The van der Waals surface area contributed by atoms with E-state index < -0.39 is 5.54 Å². The molecular formula is C21H20ClN3O2S. The van der Waals surface area contributed by atoms with Gasteiger partial charge in [-0.05, 0) is 76.3 Å². The third-order valence-electron chi connectivity index (χ3n) is 4.44. The van der Waals surface area contributed by atoms with Crippen LogP contribution in [0.4, 0.5) is 17.1 Å². The van der Waals surface area contributed by atoms with Gasteiger partial charge >= 0.3 is 0 Å². The lowest BCUT2D eigenvalue weighted by molar-refractivity contribution is -0.120. The molecule has 0 unspecified atom stereocenters. The first kappa shape index (κ1) is 20.1. The van der Waals surface area contributed by atoms with Crippen molar-refractivity contribution >= 4 is 51.9 Å². The van der Waals surface area contributed by atoms with Crippen LogP contribution in [0.1, 0.15) is 27.7 Å². The Balaban J connectivity index is 1.98. The molecule has 1 aliphatic rings. The molecule has 0 radical (unpaired) electrons. The third kappa shape index (κ3) is 3.44. The van der Waals surface area contributed by atoms with E-state index in [1.165, 1.54) is 4.90 Å². The summed E-state index contributed by atoms with van der Waals surface area (Å²) >= 11 is 11.8. The highest BCUT2D eigenvalue weighted by Crippen LogP contribution is 2.38. The van der Waals surface area contributed by atoms with Crippen LogP contribution in [-0.2, 0) is 4.79 Å². The van der Waals surface area contributed by atoms with E-state index in [4.69, 9.17) is 35.1 Å². The smallest absolute Gasteiger partial charge is 0.259 e. The predicted octanol–water partition coefficient (Wildman–Crippen LogP) is 5.59. The van der Waals surface area contributed by atoms with Gasteiger partial charge in [0.15, 0.2) is 5.11 Å². The van der Waals surface area contributed by atoms with Crippen molar-refractivity contribution in [3.63, 3.8) is 0 Å². The average Bonchev–Trinajstić information content (AvgIpc) is 2.80. The molecule has 0 spiro atoms. The van der Waals surface area contributed by atoms with E-state index in [1.807, 2.05) is 56.9 Å². The lowest BCUT2D eigenvalue weighted by Crippen LogP contribution is -2.44. The van der Waals surface area contributed by atoms with Crippen molar-refractivity contribution in [2.45, 2.75) is 39.3 Å². The fourth-order valence-corrected chi connectivity index (χ4v) is 3.87. The molecule has 0 N–H and O–H groups in total.